The van der Waals surface area contributed by atoms with Crippen LogP contribution in [0.25, 0.3) is 10.4 Å². The van der Waals surface area contributed by atoms with Crippen LogP contribution in [0.15, 0.2) is 47.0 Å². The van der Waals surface area contributed by atoms with Gasteiger partial charge in [-0.25, -0.2) is 14.3 Å². The number of nitrogens with one attached hydrogen (secondary N) is 1. The number of thiophene rings is 1. The summed E-state index contributed by atoms with van der Waals surface area (Å²) in [5.41, 5.74) is 8.76. The van der Waals surface area contributed by atoms with E-state index in [0.29, 0.717) is 19.4 Å². The van der Waals surface area contributed by atoms with Gasteiger partial charge in [0.05, 0.1) is 6.54 Å². The minimum atomic E-state index is -5.08. The molecule has 0 spiro atoms. The third kappa shape index (κ3) is 7.60. The zero-order valence-electron chi connectivity index (χ0n) is 20.5. The van der Waals surface area contributed by atoms with Crippen LogP contribution in [0.1, 0.15) is 22.4 Å². The molecule has 1 amide bonds. The maximum atomic E-state index is 12.8. The summed E-state index contributed by atoms with van der Waals surface area (Å²) in [5.74, 6) is -2.71. The van der Waals surface area contributed by atoms with E-state index in [1.165, 1.54) is 10.9 Å². The number of anilines is 1. The standard InChI is InChI=1S/C22H23F2N5O2S.C2HF3O2/c1-13-8-15(9-14-2-5-19(30)27-20(13)14)18-4-3-17(32-18)6-7-28-12-26-29(22(28)31)11-16(10-25)21(23)24;3-2(4,5)1(6)7/h3-4,8-9,12H,2,5-7,10-11,25H2,1H3,(H,27,30);(H,6,7). The summed E-state index contributed by atoms with van der Waals surface area (Å²) in [6.07, 6.45) is -3.75. The third-order valence-corrected chi connectivity index (χ3v) is 6.94. The number of amides is 1. The van der Waals surface area contributed by atoms with Crippen molar-refractivity contribution in [1.29, 1.82) is 0 Å². The Hall–Kier alpha value is -3.85. The summed E-state index contributed by atoms with van der Waals surface area (Å²) < 4.78 is 59.8. The van der Waals surface area contributed by atoms with E-state index in [1.807, 2.05) is 13.0 Å². The maximum absolute atomic E-state index is 12.8. The van der Waals surface area contributed by atoms with Crippen molar-refractivity contribution in [3.05, 3.63) is 68.7 Å². The molecule has 3 aromatic rings. The molecule has 4 rings (SSSR count). The van der Waals surface area contributed by atoms with Gasteiger partial charge in [0.2, 0.25) is 5.91 Å². The molecular formula is C24H24F5N5O4S. The van der Waals surface area contributed by atoms with Gasteiger partial charge in [-0.15, -0.1) is 11.3 Å². The Labute approximate surface area is 222 Å². The molecule has 3 heterocycles. The van der Waals surface area contributed by atoms with Crippen LogP contribution in [0, 0.1) is 6.92 Å². The molecule has 4 N–H and O–H groups in total. The highest BCUT2D eigenvalue weighted by atomic mass is 32.1. The lowest BCUT2D eigenvalue weighted by Crippen LogP contribution is -2.27. The van der Waals surface area contributed by atoms with Gasteiger partial charge in [-0.2, -0.15) is 27.1 Å². The molecule has 9 nitrogen and oxygen atoms in total. The van der Waals surface area contributed by atoms with Crippen molar-refractivity contribution >= 4 is 28.9 Å². The van der Waals surface area contributed by atoms with Gasteiger partial charge in [-0.3, -0.25) is 9.36 Å². The van der Waals surface area contributed by atoms with Crippen molar-refractivity contribution < 1.29 is 36.6 Å². The highest BCUT2D eigenvalue weighted by Crippen LogP contribution is 2.35. The Morgan fingerprint density at radius 1 is 1.21 bits per heavy atom. The topological polar surface area (TPSA) is 132 Å². The van der Waals surface area contributed by atoms with Crippen LogP contribution in [0.2, 0.25) is 0 Å². The van der Waals surface area contributed by atoms with Gasteiger partial charge in [-0.05, 0) is 60.7 Å². The third-order valence-electron chi connectivity index (χ3n) is 5.74. The van der Waals surface area contributed by atoms with Crippen LogP contribution in [0.3, 0.4) is 0 Å². The van der Waals surface area contributed by atoms with E-state index < -0.39 is 23.9 Å². The quantitative estimate of drug-likeness (QED) is 0.367. The van der Waals surface area contributed by atoms with Crippen molar-refractivity contribution in [3.8, 4) is 10.4 Å². The molecule has 0 fully saturated rings. The number of aromatic nitrogens is 3. The van der Waals surface area contributed by atoms with Crippen molar-refractivity contribution in [3.63, 3.8) is 0 Å². The SMILES string of the molecule is Cc1cc(-c2ccc(CCn3cnn(CC(CN)=C(F)F)c3=O)s2)cc2c1NC(=O)CC2.O=C(O)C(F)(F)F. The molecule has 0 saturated heterocycles. The first kappa shape index (κ1) is 29.7. The Morgan fingerprint density at radius 2 is 1.90 bits per heavy atom. The summed E-state index contributed by atoms with van der Waals surface area (Å²) >= 11 is 1.64. The summed E-state index contributed by atoms with van der Waals surface area (Å²) in [7, 11) is 0. The highest BCUT2D eigenvalue weighted by molar-refractivity contribution is 7.15. The number of carboxylic acids is 1. The number of nitrogens with two attached hydrogens (primary N) is 1. The van der Waals surface area contributed by atoms with E-state index in [0.717, 1.165) is 43.2 Å². The first-order chi connectivity index (χ1) is 18.3. The second-order valence-electron chi connectivity index (χ2n) is 8.53. The maximum Gasteiger partial charge on any atom is 0.490 e. The Morgan fingerprint density at radius 3 is 2.51 bits per heavy atom. The molecule has 2 aromatic heterocycles. The molecule has 210 valence electrons. The van der Waals surface area contributed by atoms with E-state index in [-0.39, 0.29) is 24.6 Å². The number of rotatable bonds is 7. The van der Waals surface area contributed by atoms with Crippen LogP contribution in [0.4, 0.5) is 27.6 Å². The van der Waals surface area contributed by atoms with Crippen molar-refractivity contribution in [2.24, 2.45) is 5.73 Å². The zero-order valence-corrected chi connectivity index (χ0v) is 21.3. The normalized spacial score (nSPS) is 12.7. The summed E-state index contributed by atoms with van der Waals surface area (Å²) in [5, 5.41) is 14.0. The minimum Gasteiger partial charge on any atom is -0.475 e. The fourth-order valence-corrected chi connectivity index (χ4v) is 4.73. The van der Waals surface area contributed by atoms with Crippen molar-refractivity contribution in [1.82, 2.24) is 14.3 Å². The summed E-state index contributed by atoms with van der Waals surface area (Å²) in [4.78, 5) is 35.2. The van der Waals surface area contributed by atoms with Crippen LogP contribution in [-0.4, -0.2) is 44.1 Å². The van der Waals surface area contributed by atoms with Crippen LogP contribution < -0.4 is 16.7 Å². The average Bonchev–Trinajstić information content (AvgIpc) is 3.47. The molecule has 39 heavy (non-hydrogen) atoms. The number of hydrogen-bond acceptors (Lipinski definition) is 6. The molecule has 15 heteroatoms. The fraction of sp³-hybridized carbons (Fsp3) is 0.333. The molecule has 1 aromatic carbocycles. The van der Waals surface area contributed by atoms with Gasteiger partial charge in [0.1, 0.15) is 6.33 Å². The average molecular weight is 574 g/mol. The highest BCUT2D eigenvalue weighted by Gasteiger charge is 2.38. The van der Waals surface area contributed by atoms with E-state index in [9.17, 15) is 31.5 Å². The number of carboxylic acid groups (broad SMARTS) is 1. The molecule has 1 aliphatic rings. The summed E-state index contributed by atoms with van der Waals surface area (Å²) in [6, 6.07) is 8.27. The molecule has 0 bridgehead atoms. The second-order valence-corrected chi connectivity index (χ2v) is 9.70. The van der Waals surface area contributed by atoms with Crippen LogP contribution >= 0.6 is 11.3 Å². The predicted molar refractivity (Wildman–Crippen MR) is 134 cm³/mol. The Balaban J connectivity index is 0.000000532. The van der Waals surface area contributed by atoms with Gasteiger partial charge >= 0.3 is 17.8 Å². The first-order valence-electron chi connectivity index (χ1n) is 11.5. The largest absolute Gasteiger partial charge is 0.490 e. The Kier molecular flexibility index (Phi) is 9.40. The molecule has 0 radical (unpaired) electrons. The number of hydrogen-bond donors (Lipinski definition) is 3. The van der Waals surface area contributed by atoms with E-state index in [2.05, 4.69) is 28.6 Å². The van der Waals surface area contributed by atoms with E-state index in [1.54, 1.807) is 11.3 Å². The lowest BCUT2D eigenvalue weighted by Gasteiger charge is -2.20. The van der Waals surface area contributed by atoms with Gasteiger partial charge in [0, 0.05) is 40.5 Å². The van der Waals surface area contributed by atoms with Gasteiger partial charge in [-0.1, -0.05) is 0 Å². The number of nitrogens with zero attached hydrogens (tertiary/aromatic N) is 3. The van der Waals surface area contributed by atoms with Crippen LogP contribution in [-0.2, 0) is 35.5 Å². The van der Waals surface area contributed by atoms with E-state index in [4.69, 9.17) is 15.6 Å². The van der Waals surface area contributed by atoms with Crippen molar-refractivity contribution in [2.75, 3.05) is 11.9 Å². The van der Waals surface area contributed by atoms with Gasteiger partial charge < -0.3 is 16.2 Å². The molecule has 0 aliphatic carbocycles. The van der Waals surface area contributed by atoms with Crippen LogP contribution in [0.5, 0.6) is 0 Å². The molecular weight excluding hydrogens is 549 g/mol. The minimum absolute atomic E-state index is 0.0513. The number of benzene rings is 1. The van der Waals surface area contributed by atoms with Gasteiger partial charge in [0.15, 0.2) is 0 Å². The van der Waals surface area contributed by atoms with Crippen molar-refractivity contribution in [2.45, 2.75) is 45.5 Å². The monoisotopic (exact) mass is 573 g/mol. The zero-order chi connectivity index (χ0) is 28.9. The number of fused-ring (bicyclic) bond motifs is 1. The second kappa shape index (κ2) is 12.3. The molecule has 0 atom stereocenters. The Bertz CT molecular complexity index is 1450. The van der Waals surface area contributed by atoms with E-state index >= 15 is 0 Å². The number of halogens is 5. The number of alkyl halides is 3. The fourth-order valence-electron chi connectivity index (χ4n) is 3.74. The number of aliphatic carboxylic acids is 1. The first-order valence-corrected chi connectivity index (χ1v) is 12.3. The molecule has 0 saturated carbocycles. The molecule has 1 aliphatic heterocycles. The number of carbonyl (C=O) groups excluding carboxylic acids is 1. The number of aryl methyl sites for hydroxylation is 4. The summed E-state index contributed by atoms with van der Waals surface area (Å²) in [6.45, 7) is 1.75. The smallest absolute Gasteiger partial charge is 0.475 e. The molecule has 0 unspecified atom stereocenters. The lowest BCUT2D eigenvalue weighted by molar-refractivity contribution is -0.192. The van der Waals surface area contributed by atoms with Gasteiger partial charge in [0.25, 0.3) is 6.08 Å². The lowest BCUT2D eigenvalue weighted by atomic mass is 9.96. The predicted octanol–water partition coefficient (Wildman–Crippen LogP) is 3.95. The number of carbonyl (C=O) groups is 2.